The highest BCUT2D eigenvalue weighted by Gasteiger charge is 2.28. The lowest BCUT2D eigenvalue weighted by Gasteiger charge is -2.25. The molecule has 3 aromatic carbocycles. The summed E-state index contributed by atoms with van der Waals surface area (Å²) in [6.07, 6.45) is -0.0198. The van der Waals surface area contributed by atoms with Crippen LogP contribution in [0, 0.1) is 0 Å². The van der Waals surface area contributed by atoms with E-state index in [1.54, 1.807) is 49.6 Å². The molecule has 9 nitrogen and oxygen atoms in total. The van der Waals surface area contributed by atoms with E-state index in [0.29, 0.717) is 23.0 Å². The molecule has 1 N–H and O–H groups in total. The van der Waals surface area contributed by atoms with Gasteiger partial charge in [-0.05, 0) is 55.8 Å². The lowest BCUT2D eigenvalue weighted by molar-refractivity contribution is -0.119. The summed E-state index contributed by atoms with van der Waals surface area (Å²) in [5.41, 5.74) is 1.03. The maximum Gasteiger partial charge on any atom is 0.264 e. The molecule has 198 valence electrons. The summed E-state index contributed by atoms with van der Waals surface area (Å²) in [5, 5.41) is 2.79. The molecule has 37 heavy (non-hydrogen) atoms. The van der Waals surface area contributed by atoms with E-state index in [9.17, 15) is 13.2 Å². The maximum absolute atomic E-state index is 13.5. The van der Waals surface area contributed by atoms with E-state index >= 15 is 0 Å². The van der Waals surface area contributed by atoms with E-state index in [1.165, 1.54) is 32.4 Å². The van der Waals surface area contributed by atoms with Gasteiger partial charge in [0.1, 0.15) is 6.54 Å². The molecule has 0 saturated heterocycles. The minimum atomic E-state index is -4.06. The number of hydrogen-bond donors (Lipinski definition) is 1. The number of amides is 1. The minimum Gasteiger partial charge on any atom is -0.493 e. The maximum atomic E-state index is 13.5. The zero-order valence-corrected chi connectivity index (χ0v) is 22.4. The average molecular weight is 529 g/mol. The number of carbonyl (C=O) groups is 1. The van der Waals surface area contributed by atoms with Gasteiger partial charge in [-0.15, -0.1) is 0 Å². The van der Waals surface area contributed by atoms with Crippen molar-refractivity contribution in [1.82, 2.24) is 5.32 Å². The highest BCUT2D eigenvalue weighted by Crippen LogP contribution is 2.34. The zero-order chi connectivity index (χ0) is 27.0. The molecular weight excluding hydrogens is 496 g/mol. The van der Waals surface area contributed by atoms with Gasteiger partial charge >= 0.3 is 0 Å². The monoisotopic (exact) mass is 528 g/mol. The van der Waals surface area contributed by atoms with Gasteiger partial charge in [-0.2, -0.15) is 0 Å². The molecule has 0 spiro atoms. The van der Waals surface area contributed by atoms with Crippen molar-refractivity contribution in [3.8, 4) is 23.0 Å². The van der Waals surface area contributed by atoms with Crippen LogP contribution in [0.2, 0.25) is 0 Å². The highest BCUT2D eigenvalue weighted by atomic mass is 32.2. The van der Waals surface area contributed by atoms with Crippen molar-refractivity contribution in [2.24, 2.45) is 0 Å². The van der Waals surface area contributed by atoms with Gasteiger partial charge in [-0.1, -0.05) is 24.3 Å². The van der Waals surface area contributed by atoms with E-state index in [2.05, 4.69) is 5.32 Å². The lowest BCUT2D eigenvalue weighted by atomic mass is 10.2. The first-order valence-corrected chi connectivity index (χ1v) is 13.0. The van der Waals surface area contributed by atoms with Gasteiger partial charge < -0.3 is 24.3 Å². The molecule has 0 unspecified atom stereocenters. The second-order valence-corrected chi connectivity index (χ2v) is 10.2. The third kappa shape index (κ3) is 6.85. The van der Waals surface area contributed by atoms with Crippen molar-refractivity contribution in [2.75, 3.05) is 32.2 Å². The molecular formula is C27H32N2O7S. The highest BCUT2D eigenvalue weighted by molar-refractivity contribution is 7.92. The lowest BCUT2D eigenvalue weighted by Crippen LogP contribution is -2.40. The van der Waals surface area contributed by atoms with Crippen LogP contribution in [0.1, 0.15) is 19.4 Å². The van der Waals surface area contributed by atoms with E-state index < -0.39 is 22.5 Å². The number of anilines is 1. The van der Waals surface area contributed by atoms with Crippen LogP contribution in [0.5, 0.6) is 23.0 Å². The minimum absolute atomic E-state index is 0.0198. The summed E-state index contributed by atoms with van der Waals surface area (Å²) in [6, 6.07) is 18.0. The molecule has 3 aromatic rings. The summed E-state index contributed by atoms with van der Waals surface area (Å²) in [7, 11) is 0.418. The van der Waals surface area contributed by atoms with Crippen molar-refractivity contribution in [2.45, 2.75) is 31.4 Å². The number of sulfonamides is 1. The molecule has 1 amide bonds. The number of rotatable bonds is 12. The molecule has 0 saturated carbocycles. The summed E-state index contributed by atoms with van der Waals surface area (Å²) in [4.78, 5) is 13.1. The number of carbonyl (C=O) groups excluding carboxylic acids is 1. The van der Waals surface area contributed by atoms with Crippen LogP contribution in [0.4, 0.5) is 5.69 Å². The molecule has 0 heterocycles. The Morgan fingerprint density at radius 3 is 2.08 bits per heavy atom. The van der Waals surface area contributed by atoms with Crippen LogP contribution >= 0.6 is 0 Å². The fraction of sp³-hybridized carbons (Fsp3) is 0.296. The van der Waals surface area contributed by atoms with Crippen molar-refractivity contribution < 1.29 is 32.2 Å². The predicted molar refractivity (Wildman–Crippen MR) is 141 cm³/mol. The Labute approximate surface area is 218 Å². The number of hydrogen-bond acceptors (Lipinski definition) is 7. The second kappa shape index (κ2) is 12.4. The van der Waals surface area contributed by atoms with Gasteiger partial charge in [-0.25, -0.2) is 8.42 Å². The van der Waals surface area contributed by atoms with Crippen molar-refractivity contribution in [3.05, 3.63) is 72.3 Å². The quantitative estimate of drug-likeness (QED) is 0.379. The van der Waals surface area contributed by atoms with Crippen LogP contribution < -0.4 is 28.6 Å². The van der Waals surface area contributed by atoms with Crippen LogP contribution in [0.25, 0.3) is 0 Å². The Morgan fingerprint density at radius 2 is 1.46 bits per heavy atom. The molecule has 0 aromatic heterocycles. The van der Waals surface area contributed by atoms with Gasteiger partial charge in [0.2, 0.25) is 5.91 Å². The van der Waals surface area contributed by atoms with Gasteiger partial charge in [0.05, 0.1) is 38.0 Å². The first-order valence-electron chi connectivity index (χ1n) is 11.6. The molecule has 0 fully saturated rings. The van der Waals surface area contributed by atoms with Crippen LogP contribution in [-0.2, 0) is 21.4 Å². The Morgan fingerprint density at radius 1 is 0.838 bits per heavy atom. The molecule has 0 bridgehead atoms. The van der Waals surface area contributed by atoms with Crippen LogP contribution in [0.3, 0.4) is 0 Å². The summed E-state index contributed by atoms with van der Waals surface area (Å²) in [6.45, 7) is 3.56. The smallest absolute Gasteiger partial charge is 0.264 e. The summed E-state index contributed by atoms with van der Waals surface area (Å²) in [5.74, 6) is 1.42. The van der Waals surface area contributed by atoms with E-state index in [-0.39, 0.29) is 23.2 Å². The Kier molecular flexibility index (Phi) is 9.24. The number of nitrogens with one attached hydrogen (secondary N) is 1. The third-order valence-corrected chi connectivity index (χ3v) is 7.14. The molecule has 0 aliphatic rings. The average Bonchev–Trinajstić information content (AvgIpc) is 2.90. The van der Waals surface area contributed by atoms with E-state index in [0.717, 1.165) is 9.87 Å². The number of nitrogens with zero attached hydrogens (tertiary/aromatic N) is 1. The first-order chi connectivity index (χ1) is 17.7. The van der Waals surface area contributed by atoms with Crippen molar-refractivity contribution in [1.29, 1.82) is 0 Å². The molecule has 0 aliphatic heterocycles. The first kappa shape index (κ1) is 27.7. The molecule has 3 rings (SSSR count). The van der Waals surface area contributed by atoms with Crippen molar-refractivity contribution >= 4 is 21.6 Å². The number of methoxy groups -OCH3 is 3. The Hall–Kier alpha value is -3.92. The second-order valence-electron chi connectivity index (χ2n) is 8.29. The SMILES string of the molecule is COc1ccc(N(CC(=O)NCc2ccc(OC(C)C)c(OC)c2)S(=O)(=O)c2ccccc2)cc1OC. The van der Waals surface area contributed by atoms with Crippen LogP contribution in [-0.4, -0.2) is 48.3 Å². The van der Waals surface area contributed by atoms with Gasteiger partial charge in [0.25, 0.3) is 10.0 Å². The molecule has 0 atom stereocenters. The Bertz CT molecular complexity index is 1310. The molecule has 10 heteroatoms. The number of ether oxygens (including phenoxy) is 4. The van der Waals surface area contributed by atoms with Gasteiger partial charge in [0, 0.05) is 12.6 Å². The fourth-order valence-corrected chi connectivity index (χ4v) is 5.01. The summed E-state index contributed by atoms with van der Waals surface area (Å²) >= 11 is 0. The Balaban J connectivity index is 1.85. The number of benzene rings is 3. The standard InChI is InChI=1S/C27H32N2O7S/c1-19(2)36-24-13-11-20(15-25(24)34-4)17-28-27(30)18-29(37(31,32)22-9-7-6-8-10-22)21-12-14-23(33-3)26(16-21)35-5/h6-16,19H,17-18H2,1-5H3,(H,28,30). The summed E-state index contributed by atoms with van der Waals surface area (Å²) < 4.78 is 49.9. The normalized spacial score (nSPS) is 11.1. The predicted octanol–water partition coefficient (Wildman–Crippen LogP) is 4.01. The molecule has 0 radical (unpaired) electrons. The molecule has 0 aliphatic carbocycles. The van der Waals surface area contributed by atoms with Crippen molar-refractivity contribution in [3.63, 3.8) is 0 Å². The van der Waals surface area contributed by atoms with Gasteiger partial charge in [0.15, 0.2) is 23.0 Å². The third-order valence-electron chi connectivity index (χ3n) is 5.35. The van der Waals surface area contributed by atoms with E-state index in [1.807, 2.05) is 19.9 Å². The largest absolute Gasteiger partial charge is 0.493 e. The zero-order valence-electron chi connectivity index (χ0n) is 21.6. The fourth-order valence-electron chi connectivity index (χ4n) is 3.58. The van der Waals surface area contributed by atoms with E-state index in [4.69, 9.17) is 18.9 Å². The van der Waals surface area contributed by atoms with Crippen LogP contribution in [0.15, 0.2) is 71.6 Å². The van der Waals surface area contributed by atoms with Gasteiger partial charge in [-0.3, -0.25) is 9.10 Å². The topological polar surface area (TPSA) is 103 Å².